The molecule has 0 bridgehead atoms. The molecule has 1 fully saturated rings. The number of nitrogens with one attached hydrogen (secondary N) is 1. The molecule has 1 heterocycles. The maximum Gasteiger partial charge on any atom is 0.317 e. The zero-order valence-electron chi connectivity index (χ0n) is 13.5. The fraction of sp³-hybridized carbons (Fsp3) is 0.867. The van der Waals surface area contributed by atoms with Crippen LogP contribution in [-0.2, 0) is 4.79 Å². The van der Waals surface area contributed by atoms with E-state index in [2.05, 4.69) is 33.0 Å². The molecule has 0 unspecified atom stereocenters. The summed E-state index contributed by atoms with van der Waals surface area (Å²) < 4.78 is 0.0913. The molecule has 1 saturated heterocycles. The number of carboxylic acids is 1. The van der Waals surface area contributed by atoms with Gasteiger partial charge in [-0.3, -0.25) is 4.79 Å². The van der Waals surface area contributed by atoms with Crippen LogP contribution in [-0.4, -0.2) is 52.1 Å². The predicted molar refractivity (Wildman–Crippen MR) is 86.7 cm³/mol. The average Bonchev–Trinajstić information content (AvgIpc) is 2.33. The SMILES string of the molecule is CC(C)C[C@H](CNC(=O)N1CCSC(C)(C)C1)CC(=O)O. The lowest BCUT2D eigenvalue weighted by molar-refractivity contribution is -0.138. The van der Waals surface area contributed by atoms with Gasteiger partial charge in [0, 0.05) is 36.6 Å². The number of carboxylic acid groups (broad SMARTS) is 1. The first kappa shape index (κ1) is 18.1. The maximum atomic E-state index is 12.2. The standard InChI is InChI=1S/C15H28N2O3S/c1-11(2)7-12(8-13(18)19)9-16-14(20)17-5-6-21-15(3,4)10-17/h11-12H,5-10H2,1-4H3,(H,16,20)(H,18,19)/t12-/m0/s1. The highest BCUT2D eigenvalue weighted by Gasteiger charge is 2.30. The third-order valence-corrected chi connectivity index (χ3v) is 4.82. The van der Waals surface area contributed by atoms with Crippen LogP contribution in [0.15, 0.2) is 0 Å². The normalized spacial score (nSPS) is 19.4. The summed E-state index contributed by atoms with van der Waals surface area (Å²) in [5.41, 5.74) is 0. The Morgan fingerprint density at radius 3 is 2.57 bits per heavy atom. The maximum absolute atomic E-state index is 12.2. The number of carbonyl (C=O) groups excluding carboxylic acids is 1. The fourth-order valence-corrected chi connectivity index (χ4v) is 3.80. The third kappa shape index (κ3) is 7.07. The van der Waals surface area contributed by atoms with E-state index in [-0.39, 0.29) is 23.1 Å². The van der Waals surface area contributed by atoms with Gasteiger partial charge in [-0.1, -0.05) is 13.8 Å². The zero-order valence-corrected chi connectivity index (χ0v) is 14.3. The molecule has 2 amide bonds. The van der Waals surface area contributed by atoms with E-state index in [1.807, 2.05) is 16.7 Å². The highest BCUT2D eigenvalue weighted by molar-refractivity contribution is 8.00. The van der Waals surface area contributed by atoms with E-state index in [4.69, 9.17) is 5.11 Å². The number of carbonyl (C=O) groups is 2. The van der Waals surface area contributed by atoms with Gasteiger partial charge in [-0.25, -0.2) is 4.79 Å². The van der Waals surface area contributed by atoms with E-state index >= 15 is 0 Å². The van der Waals surface area contributed by atoms with Crippen molar-refractivity contribution in [3.05, 3.63) is 0 Å². The summed E-state index contributed by atoms with van der Waals surface area (Å²) in [4.78, 5) is 25.0. The Morgan fingerprint density at radius 2 is 2.05 bits per heavy atom. The minimum atomic E-state index is -0.801. The number of urea groups is 1. The van der Waals surface area contributed by atoms with Crippen LogP contribution in [0.2, 0.25) is 0 Å². The lowest BCUT2D eigenvalue weighted by Gasteiger charge is -2.37. The molecule has 0 aliphatic carbocycles. The second-order valence-corrected chi connectivity index (χ2v) is 8.61. The molecule has 122 valence electrons. The van der Waals surface area contributed by atoms with Gasteiger partial charge in [-0.2, -0.15) is 11.8 Å². The van der Waals surface area contributed by atoms with Gasteiger partial charge < -0.3 is 15.3 Å². The summed E-state index contributed by atoms with van der Waals surface area (Å²) in [5, 5.41) is 11.9. The van der Waals surface area contributed by atoms with Gasteiger partial charge in [0.2, 0.25) is 0 Å². The van der Waals surface area contributed by atoms with Crippen molar-refractivity contribution in [3.8, 4) is 0 Å². The number of hydrogen-bond acceptors (Lipinski definition) is 3. The van der Waals surface area contributed by atoms with E-state index < -0.39 is 5.97 Å². The van der Waals surface area contributed by atoms with Crippen molar-refractivity contribution in [2.45, 2.75) is 45.3 Å². The molecule has 21 heavy (non-hydrogen) atoms. The van der Waals surface area contributed by atoms with E-state index in [9.17, 15) is 9.59 Å². The number of amides is 2. The molecule has 0 saturated carbocycles. The van der Waals surface area contributed by atoms with Crippen molar-refractivity contribution in [1.82, 2.24) is 10.2 Å². The van der Waals surface area contributed by atoms with Crippen LogP contribution >= 0.6 is 11.8 Å². The number of hydrogen-bond donors (Lipinski definition) is 2. The topological polar surface area (TPSA) is 69.6 Å². The molecule has 1 atom stereocenters. The molecule has 0 radical (unpaired) electrons. The molecule has 1 rings (SSSR count). The van der Waals surface area contributed by atoms with Gasteiger partial charge >= 0.3 is 12.0 Å². The summed E-state index contributed by atoms with van der Waals surface area (Å²) >= 11 is 1.88. The first-order valence-electron chi connectivity index (χ1n) is 7.58. The van der Waals surface area contributed by atoms with Crippen LogP contribution in [0.5, 0.6) is 0 Å². The Balaban J connectivity index is 2.46. The number of nitrogens with zero attached hydrogens (tertiary/aromatic N) is 1. The van der Waals surface area contributed by atoms with Crippen molar-refractivity contribution in [1.29, 1.82) is 0 Å². The predicted octanol–water partition coefficient (Wildman–Crippen LogP) is 2.66. The number of aliphatic carboxylic acids is 1. The monoisotopic (exact) mass is 316 g/mol. The van der Waals surface area contributed by atoms with Crippen LogP contribution in [0.4, 0.5) is 4.79 Å². The quantitative estimate of drug-likeness (QED) is 0.790. The molecule has 0 aromatic rings. The van der Waals surface area contributed by atoms with Gasteiger partial charge in [0.1, 0.15) is 0 Å². The zero-order chi connectivity index (χ0) is 16.0. The Hall–Kier alpha value is -0.910. The smallest absolute Gasteiger partial charge is 0.317 e. The van der Waals surface area contributed by atoms with Crippen molar-refractivity contribution >= 4 is 23.8 Å². The first-order valence-corrected chi connectivity index (χ1v) is 8.56. The lowest BCUT2D eigenvalue weighted by atomic mass is 9.94. The Bertz CT molecular complexity index is 372. The molecule has 0 aromatic carbocycles. The first-order chi connectivity index (χ1) is 9.69. The number of thioether (sulfide) groups is 1. The van der Waals surface area contributed by atoms with Crippen molar-refractivity contribution < 1.29 is 14.7 Å². The second-order valence-electron chi connectivity index (χ2n) is 6.81. The molecule has 1 aliphatic rings. The lowest BCUT2D eigenvalue weighted by Crippen LogP contribution is -2.50. The van der Waals surface area contributed by atoms with Gasteiger partial charge in [0.25, 0.3) is 0 Å². The average molecular weight is 316 g/mol. The molecule has 0 spiro atoms. The molecule has 6 heteroatoms. The number of rotatable bonds is 6. The van der Waals surface area contributed by atoms with Gasteiger partial charge in [0.05, 0.1) is 0 Å². The summed E-state index contributed by atoms with van der Waals surface area (Å²) in [7, 11) is 0. The summed E-state index contributed by atoms with van der Waals surface area (Å²) in [6.07, 6.45) is 0.924. The minimum absolute atomic E-state index is 0.00127. The van der Waals surface area contributed by atoms with Crippen LogP contribution < -0.4 is 5.32 Å². The van der Waals surface area contributed by atoms with Crippen LogP contribution in [0.25, 0.3) is 0 Å². The summed E-state index contributed by atoms with van der Waals surface area (Å²) in [6, 6.07) is -0.0671. The van der Waals surface area contributed by atoms with Crippen LogP contribution in [0, 0.1) is 11.8 Å². The molecule has 2 N–H and O–H groups in total. The summed E-state index contributed by atoms with van der Waals surface area (Å²) in [6.45, 7) is 10.4. The molecule has 1 aliphatic heterocycles. The highest BCUT2D eigenvalue weighted by atomic mass is 32.2. The minimum Gasteiger partial charge on any atom is -0.481 e. The largest absolute Gasteiger partial charge is 0.481 e. The molecular formula is C15H28N2O3S. The molecular weight excluding hydrogens is 288 g/mol. The Kier molecular flexibility index (Phi) is 6.84. The Morgan fingerprint density at radius 1 is 1.38 bits per heavy atom. The van der Waals surface area contributed by atoms with Gasteiger partial charge in [-0.05, 0) is 32.1 Å². The van der Waals surface area contributed by atoms with E-state index in [1.165, 1.54) is 0 Å². The van der Waals surface area contributed by atoms with Gasteiger partial charge in [0.15, 0.2) is 0 Å². The van der Waals surface area contributed by atoms with Crippen LogP contribution in [0.1, 0.15) is 40.5 Å². The van der Waals surface area contributed by atoms with Crippen molar-refractivity contribution in [3.63, 3.8) is 0 Å². The van der Waals surface area contributed by atoms with Crippen molar-refractivity contribution in [2.75, 3.05) is 25.4 Å². The summed E-state index contributed by atoms with van der Waals surface area (Å²) in [5.74, 6) is 0.575. The third-order valence-electron chi connectivity index (χ3n) is 3.52. The van der Waals surface area contributed by atoms with Crippen LogP contribution in [0.3, 0.4) is 0 Å². The molecule has 0 aromatic heterocycles. The highest BCUT2D eigenvalue weighted by Crippen LogP contribution is 2.29. The fourth-order valence-electron chi connectivity index (χ4n) is 2.69. The molecule has 5 nitrogen and oxygen atoms in total. The van der Waals surface area contributed by atoms with Gasteiger partial charge in [-0.15, -0.1) is 0 Å². The van der Waals surface area contributed by atoms with E-state index in [1.54, 1.807) is 0 Å². The van der Waals surface area contributed by atoms with E-state index in [0.717, 1.165) is 25.3 Å². The van der Waals surface area contributed by atoms with Crippen molar-refractivity contribution in [2.24, 2.45) is 11.8 Å². The Labute approximate surface area is 131 Å². The van der Waals surface area contributed by atoms with E-state index in [0.29, 0.717) is 12.5 Å². The second kappa shape index (κ2) is 7.92.